The van der Waals surface area contributed by atoms with Gasteiger partial charge in [-0.15, -0.1) is 0 Å². The average Bonchev–Trinajstić information content (AvgIpc) is 2.25. The summed E-state index contributed by atoms with van der Waals surface area (Å²) in [5.41, 5.74) is 2.21. The second-order valence-corrected chi connectivity index (χ2v) is 3.63. The van der Waals surface area contributed by atoms with E-state index >= 15 is 0 Å². The fraction of sp³-hybridized carbons (Fsp3) is 0.500. The van der Waals surface area contributed by atoms with Crippen LogP contribution in [0.5, 0.6) is 0 Å². The highest BCUT2D eigenvalue weighted by molar-refractivity contribution is 5.28. The Hall–Kier alpha value is -1.00. The van der Waals surface area contributed by atoms with Crippen LogP contribution in [0.4, 0.5) is 8.78 Å². The molecule has 0 aliphatic rings. The van der Waals surface area contributed by atoms with E-state index in [9.17, 15) is 8.78 Å². The first-order valence-corrected chi connectivity index (χ1v) is 5.23. The zero-order valence-corrected chi connectivity index (χ0v) is 9.54. The normalized spacial score (nSPS) is 13.1. The van der Waals surface area contributed by atoms with Gasteiger partial charge in [-0.05, 0) is 25.1 Å². The third-order valence-electron chi connectivity index (χ3n) is 2.44. The molecule has 0 heterocycles. The molecule has 2 nitrogen and oxygen atoms in total. The minimum Gasteiger partial charge on any atom is -0.374 e. The second kappa shape index (κ2) is 6.55. The molecule has 1 N–H and O–H groups in total. The molecule has 0 fully saturated rings. The van der Waals surface area contributed by atoms with Gasteiger partial charge < -0.3 is 10.1 Å². The van der Waals surface area contributed by atoms with Crippen molar-refractivity contribution >= 4 is 0 Å². The molecule has 0 amide bonds. The molecule has 0 aliphatic carbocycles. The fourth-order valence-corrected chi connectivity index (χ4v) is 1.58. The lowest BCUT2D eigenvalue weighted by molar-refractivity contribution is 0.00981. The summed E-state index contributed by atoms with van der Waals surface area (Å²) in [4.78, 5) is 0. The topological polar surface area (TPSA) is 21.3 Å². The Morgan fingerprint density at radius 2 is 1.94 bits per heavy atom. The van der Waals surface area contributed by atoms with Crippen molar-refractivity contribution in [3.8, 4) is 0 Å². The number of likely N-dealkylation sites (N-methyl/N-ethyl adjacent to an activating group) is 1. The summed E-state index contributed by atoms with van der Waals surface area (Å²) in [6.07, 6.45) is -2.41. The number of aryl methyl sites for hydroxylation is 1. The Morgan fingerprint density at radius 1 is 1.25 bits per heavy atom. The molecule has 0 saturated carbocycles. The van der Waals surface area contributed by atoms with Crippen LogP contribution in [0.25, 0.3) is 0 Å². The van der Waals surface area contributed by atoms with Gasteiger partial charge in [0.1, 0.15) is 6.61 Å². The lowest BCUT2D eigenvalue weighted by Crippen LogP contribution is -2.23. The van der Waals surface area contributed by atoms with Crippen molar-refractivity contribution in [2.24, 2.45) is 0 Å². The fourth-order valence-electron chi connectivity index (χ4n) is 1.58. The first-order valence-electron chi connectivity index (χ1n) is 5.23. The average molecular weight is 229 g/mol. The standard InChI is InChI=1S/C12H17F2NO/c1-9-5-3-4-6-10(9)11(15-2)7-16-8-12(13)14/h3-6,11-12,15H,7-8H2,1-2H3. The molecule has 1 atom stereocenters. The van der Waals surface area contributed by atoms with Crippen LogP contribution in [-0.2, 0) is 4.74 Å². The second-order valence-electron chi connectivity index (χ2n) is 3.63. The quantitative estimate of drug-likeness (QED) is 0.809. The van der Waals surface area contributed by atoms with Gasteiger partial charge in [-0.1, -0.05) is 24.3 Å². The SMILES string of the molecule is CNC(COCC(F)F)c1ccccc1C. The molecular formula is C12H17F2NO. The maximum atomic E-state index is 11.9. The lowest BCUT2D eigenvalue weighted by atomic mass is 10.0. The Labute approximate surface area is 94.6 Å². The van der Waals surface area contributed by atoms with Gasteiger partial charge in [0.15, 0.2) is 0 Å². The van der Waals surface area contributed by atoms with E-state index in [1.165, 1.54) is 0 Å². The van der Waals surface area contributed by atoms with Gasteiger partial charge in [-0.2, -0.15) is 0 Å². The van der Waals surface area contributed by atoms with Crippen molar-refractivity contribution in [2.45, 2.75) is 19.4 Å². The van der Waals surface area contributed by atoms with E-state index < -0.39 is 13.0 Å². The van der Waals surface area contributed by atoms with Gasteiger partial charge in [0.05, 0.1) is 12.6 Å². The third-order valence-corrected chi connectivity index (χ3v) is 2.44. The molecule has 0 saturated heterocycles. The van der Waals surface area contributed by atoms with E-state index in [0.29, 0.717) is 0 Å². The van der Waals surface area contributed by atoms with E-state index in [2.05, 4.69) is 5.32 Å². The molecule has 4 heteroatoms. The van der Waals surface area contributed by atoms with Crippen LogP contribution < -0.4 is 5.32 Å². The van der Waals surface area contributed by atoms with E-state index in [1.54, 1.807) is 7.05 Å². The van der Waals surface area contributed by atoms with Gasteiger partial charge in [0.25, 0.3) is 6.43 Å². The lowest BCUT2D eigenvalue weighted by Gasteiger charge is -2.18. The molecule has 90 valence electrons. The summed E-state index contributed by atoms with van der Waals surface area (Å²) in [5, 5.41) is 3.06. The Morgan fingerprint density at radius 3 is 2.50 bits per heavy atom. The Kier molecular flexibility index (Phi) is 5.35. The highest BCUT2D eigenvalue weighted by Crippen LogP contribution is 2.17. The van der Waals surface area contributed by atoms with Crippen molar-refractivity contribution in [1.82, 2.24) is 5.32 Å². The van der Waals surface area contributed by atoms with Crippen molar-refractivity contribution < 1.29 is 13.5 Å². The number of rotatable bonds is 6. The highest BCUT2D eigenvalue weighted by atomic mass is 19.3. The largest absolute Gasteiger partial charge is 0.374 e. The number of benzene rings is 1. The molecule has 1 rings (SSSR count). The number of nitrogens with one attached hydrogen (secondary N) is 1. The van der Waals surface area contributed by atoms with Crippen LogP contribution in [0, 0.1) is 6.92 Å². The van der Waals surface area contributed by atoms with Gasteiger partial charge in [0.2, 0.25) is 0 Å². The van der Waals surface area contributed by atoms with E-state index in [1.807, 2.05) is 31.2 Å². The zero-order valence-electron chi connectivity index (χ0n) is 9.54. The van der Waals surface area contributed by atoms with Gasteiger partial charge in [-0.3, -0.25) is 0 Å². The van der Waals surface area contributed by atoms with E-state index in [4.69, 9.17) is 4.74 Å². The molecule has 1 aromatic carbocycles. The number of hydrogen-bond donors (Lipinski definition) is 1. The van der Waals surface area contributed by atoms with Crippen molar-refractivity contribution in [2.75, 3.05) is 20.3 Å². The molecule has 0 aliphatic heterocycles. The molecule has 16 heavy (non-hydrogen) atoms. The zero-order chi connectivity index (χ0) is 12.0. The summed E-state index contributed by atoms with van der Waals surface area (Å²) in [6.45, 7) is 1.74. The molecule has 0 spiro atoms. The van der Waals surface area contributed by atoms with E-state index in [0.717, 1.165) is 11.1 Å². The van der Waals surface area contributed by atoms with Gasteiger partial charge in [-0.25, -0.2) is 8.78 Å². The third kappa shape index (κ3) is 3.87. The van der Waals surface area contributed by atoms with Crippen LogP contribution in [0.15, 0.2) is 24.3 Å². The monoisotopic (exact) mass is 229 g/mol. The summed E-state index contributed by atoms with van der Waals surface area (Å²) < 4.78 is 28.8. The summed E-state index contributed by atoms with van der Waals surface area (Å²) >= 11 is 0. The highest BCUT2D eigenvalue weighted by Gasteiger charge is 2.12. The predicted octanol–water partition coefficient (Wildman–Crippen LogP) is 2.54. The van der Waals surface area contributed by atoms with Crippen molar-refractivity contribution in [3.05, 3.63) is 35.4 Å². The number of ether oxygens (including phenoxy) is 1. The van der Waals surface area contributed by atoms with Gasteiger partial charge in [0, 0.05) is 0 Å². The molecule has 0 bridgehead atoms. The number of hydrogen-bond acceptors (Lipinski definition) is 2. The van der Waals surface area contributed by atoms with Crippen LogP contribution in [0.2, 0.25) is 0 Å². The summed E-state index contributed by atoms with van der Waals surface area (Å²) in [6, 6.07) is 7.81. The molecule has 0 radical (unpaired) electrons. The summed E-state index contributed by atoms with van der Waals surface area (Å²) in [5.74, 6) is 0. The van der Waals surface area contributed by atoms with E-state index in [-0.39, 0.29) is 12.6 Å². The van der Waals surface area contributed by atoms with Crippen molar-refractivity contribution in [3.63, 3.8) is 0 Å². The minimum absolute atomic E-state index is 0.0417. The predicted molar refractivity (Wildman–Crippen MR) is 59.8 cm³/mol. The first kappa shape index (κ1) is 13.1. The van der Waals surface area contributed by atoms with Crippen LogP contribution in [0.3, 0.4) is 0 Å². The summed E-state index contributed by atoms with van der Waals surface area (Å²) in [7, 11) is 1.79. The first-order chi connectivity index (χ1) is 7.65. The molecule has 1 aromatic rings. The Bertz CT molecular complexity index is 318. The maximum absolute atomic E-state index is 11.9. The number of alkyl halides is 2. The maximum Gasteiger partial charge on any atom is 0.261 e. The molecule has 1 unspecified atom stereocenters. The molecular weight excluding hydrogens is 212 g/mol. The smallest absolute Gasteiger partial charge is 0.261 e. The van der Waals surface area contributed by atoms with Crippen LogP contribution >= 0.6 is 0 Å². The van der Waals surface area contributed by atoms with Crippen LogP contribution in [0.1, 0.15) is 17.2 Å². The van der Waals surface area contributed by atoms with Crippen LogP contribution in [-0.4, -0.2) is 26.7 Å². The van der Waals surface area contributed by atoms with Gasteiger partial charge >= 0.3 is 0 Å². The van der Waals surface area contributed by atoms with Crippen molar-refractivity contribution in [1.29, 1.82) is 0 Å². The Balaban J connectivity index is 2.57. The minimum atomic E-state index is -2.41. The number of halogens is 2. The molecule has 0 aromatic heterocycles.